The third-order valence-electron chi connectivity index (χ3n) is 2.89. The van der Waals surface area contributed by atoms with Gasteiger partial charge >= 0.3 is 0 Å². The zero-order chi connectivity index (χ0) is 15.4. The molecule has 21 heavy (non-hydrogen) atoms. The summed E-state index contributed by atoms with van der Waals surface area (Å²) < 4.78 is 24.0. The number of nitrogens with two attached hydrogens (primary N) is 1. The Hall–Kier alpha value is -1.49. The Balaban J connectivity index is 2.21. The van der Waals surface area contributed by atoms with Gasteiger partial charge in [-0.25, -0.2) is 4.39 Å². The highest BCUT2D eigenvalue weighted by Crippen LogP contribution is 2.37. The molecule has 0 aliphatic carbocycles. The SMILES string of the molecule is COc1cc(CN)cc(Cl)c1OCc1ccc(F)c(Cl)c1. The van der Waals surface area contributed by atoms with E-state index in [1.54, 1.807) is 18.2 Å². The first-order valence-electron chi connectivity index (χ1n) is 6.18. The minimum atomic E-state index is -0.469. The molecule has 2 aromatic carbocycles. The first-order valence-corrected chi connectivity index (χ1v) is 6.94. The van der Waals surface area contributed by atoms with Crippen molar-refractivity contribution < 1.29 is 13.9 Å². The van der Waals surface area contributed by atoms with Crippen molar-refractivity contribution in [1.82, 2.24) is 0 Å². The van der Waals surface area contributed by atoms with Gasteiger partial charge in [-0.2, -0.15) is 0 Å². The molecule has 0 bridgehead atoms. The van der Waals surface area contributed by atoms with Gasteiger partial charge < -0.3 is 15.2 Å². The predicted molar refractivity (Wildman–Crippen MR) is 81.6 cm³/mol. The third kappa shape index (κ3) is 3.79. The molecule has 3 nitrogen and oxygen atoms in total. The summed E-state index contributed by atoms with van der Waals surface area (Å²) in [7, 11) is 1.52. The molecule has 0 atom stereocenters. The maximum Gasteiger partial charge on any atom is 0.180 e. The maximum absolute atomic E-state index is 13.1. The summed E-state index contributed by atoms with van der Waals surface area (Å²) >= 11 is 11.9. The summed E-state index contributed by atoms with van der Waals surface area (Å²) in [5.74, 6) is 0.441. The topological polar surface area (TPSA) is 44.5 Å². The molecule has 0 heterocycles. The molecule has 2 aromatic rings. The van der Waals surface area contributed by atoms with E-state index in [-0.39, 0.29) is 11.6 Å². The van der Waals surface area contributed by atoms with Crippen molar-refractivity contribution in [2.75, 3.05) is 7.11 Å². The lowest BCUT2D eigenvalue weighted by Crippen LogP contribution is -2.02. The van der Waals surface area contributed by atoms with Crippen LogP contribution in [0.15, 0.2) is 30.3 Å². The van der Waals surface area contributed by atoms with E-state index in [1.165, 1.54) is 19.2 Å². The Morgan fingerprint density at radius 2 is 1.81 bits per heavy atom. The van der Waals surface area contributed by atoms with Crippen LogP contribution in [-0.2, 0) is 13.2 Å². The summed E-state index contributed by atoms with van der Waals surface area (Å²) in [6, 6.07) is 7.87. The standard InChI is InChI=1S/C15H14Cl2FNO2/c1-20-14-6-10(7-19)5-12(17)15(14)21-8-9-2-3-13(18)11(16)4-9/h2-6H,7-8,19H2,1H3. The highest BCUT2D eigenvalue weighted by Gasteiger charge is 2.12. The van der Waals surface area contributed by atoms with Gasteiger partial charge in [-0.15, -0.1) is 0 Å². The largest absolute Gasteiger partial charge is 0.493 e. The van der Waals surface area contributed by atoms with Crippen molar-refractivity contribution in [1.29, 1.82) is 0 Å². The lowest BCUT2D eigenvalue weighted by molar-refractivity contribution is 0.284. The first-order chi connectivity index (χ1) is 10.0. The van der Waals surface area contributed by atoms with E-state index in [4.69, 9.17) is 38.4 Å². The van der Waals surface area contributed by atoms with E-state index < -0.39 is 5.82 Å². The Kier molecular flexibility index (Phi) is 5.28. The molecular weight excluding hydrogens is 316 g/mol. The normalized spacial score (nSPS) is 10.5. The van der Waals surface area contributed by atoms with Crippen LogP contribution in [0.4, 0.5) is 4.39 Å². The highest BCUT2D eigenvalue weighted by atomic mass is 35.5. The number of methoxy groups -OCH3 is 1. The molecule has 0 aliphatic heterocycles. The molecule has 0 saturated carbocycles. The van der Waals surface area contributed by atoms with Gasteiger partial charge in [-0.3, -0.25) is 0 Å². The second-order valence-electron chi connectivity index (χ2n) is 4.35. The van der Waals surface area contributed by atoms with Crippen LogP contribution in [0.2, 0.25) is 10.0 Å². The maximum atomic E-state index is 13.1. The lowest BCUT2D eigenvalue weighted by atomic mass is 10.2. The summed E-state index contributed by atoms with van der Waals surface area (Å²) in [5.41, 5.74) is 7.15. The van der Waals surface area contributed by atoms with Crippen molar-refractivity contribution in [3.8, 4) is 11.5 Å². The van der Waals surface area contributed by atoms with E-state index in [9.17, 15) is 4.39 Å². The lowest BCUT2D eigenvalue weighted by Gasteiger charge is -2.14. The van der Waals surface area contributed by atoms with Crippen LogP contribution < -0.4 is 15.2 Å². The fourth-order valence-electron chi connectivity index (χ4n) is 1.82. The van der Waals surface area contributed by atoms with Crippen molar-refractivity contribution in [3.63, 3.8) is 0 Å². The van der Waals surface area contributed by atoms with Crippen LogP contribution in [0, 0.1) is 5.82 Å². The second-order valence-corrected chi connectivity index (χ2v) is 5.16. The molecule has 2 rings (SSSR count). The number of hydrogen-bond acceptors (Lipinski definition) is 3. The number of hydrogen-bond donors (Lipinski definition) is 1. The molecule has 2 N–H and O–H groups in total. The summed E-state index contributed by atoms with van der Waals surface area (Å²) in [5, 5.41) is 0.454. The van der Waals surface area contributed by atoms with Crippen LogP contribution in [0.5, 0.6) is 11.5 Å². The van der Waals surface area contributed by atoms with E-state index in [0.717, 1.165) is 11.1 Å². The molecule has 0 amide bonds. The van der Waals surface area contributed by atoms with Crippen LogP contribution >= 0.6 is 23.2 Å². The van der Waals surface area contributed by atoms with Crippen molar-refractivity contribution >= 4 is 23.2 Å². The fourth-order valence-corrected chi connectivity index (χ4v) is 2.31. The summed E-state index contributed by atoms with van der Waals surface area (Å²) in [6.07, 6.45) is 0. The van der Waals surface area contributed by atoms with Gasteiger partial charge in [0.25, 0.3) is 0 Å². The second kappa shape index (κ2) is 6.98. The molecular formula is C15H14Cl2FNO2. The van der Waals surface area contributed by atoms with E-state index >= 15 is 0 Å². The molecule has 0 aromatic heterocycles. The molecule has 0 spiro atoms. The molecule has 0 aliphatic rings. The Labute approximate surface area is 132 Å². The fraction of sp³-hybridized carbons (Fsp3) is 0.200. The predicted octanol–water partition coefficient (Wildman–Crippen LogP) is 4.18. The zero-order valence-electron chi connectivity index (χ0n) is 11.3. The Morgan fingerprint density at radius 1 is 1.10 bits per heavy atom. The van der Waals surface area contributed by atoms with Gasteiger partial charge in [0.1, 0.15) is 12.4 Å². The quantitative estimate of drug-likeness (QED) is 0.894. The molecule has 6 heteroatoms. The first kappa shape index (κ1) is 15.9. The van der Waals surface area contributed by atoms with Crippen LogP contribution in [0.1, 0.15) is 11.1 Å². The molecule has 0 radical (unpaired) electrons. The zero-order valence-corrected chi connectivity index (χ0v) is 12.8. The van der Waals surface area contributed by atoms with Crippen molar-refractivity contribution in [2.24, 2.45) is 5.73 Å². The molecule has 0 unspecified atom stereocenters. The highest BCUT2D eigenvalue weighted by molar-refractivity contribution is 6.32. The minimum Gasteiger partial charge on any atom is -0.493 e. The van der Waals surface area contributed by atoms with Gasteiger partial charge in [0, 0.05) is 6.54 Å². The van der Waals surface area contributed by atoms with Crippen molar-refractivity contribution in [2.45, 2.75) is 13.2 Å². The monoisotopic (exact) mass is 329 g/mol. The summed E-state index contributed by atoms with van der Waals surface area (Å²) in [4.78, 5) is 0. The van der Waals surface area contributed by atoms with Crippen molar-refractivity contribution in [3.05, 3.63) is 57.3 Å². The van der Waals surface area contributed by atoms with Crippen LogP contribution in [0.25, 0.3) is 0 Å². The number of rotatable bonds is 5. The van der Waals surface area contributed by atoms with Gasteiger partial charge in [-0.05, 0) is 35.4 Å². The van der Waals surface area contributed by atoms with E-state index in [2.05, 4.69) is 0 Å². The average Bonchev–Trinajstić information content (AvgIpc) is 2.48. The third-order valence-corrected chi connectivity index (χ3v) is 3.46. The van der Waals surface area contributed by atoms with Crippen LogP contribution in [-0.4, -0.2) is 7.11 Å². The average molecular weight is 330 g/mol. The number of benzene rings is 2. The van der Waals surface area contributed by atoms with E-state index in [0.29, 0.717) is 23.1 Å². The van der Waals surface area contributed by atoms with Crippen LogP contribution in [0.3, 0.4) is 0 Å². The summed E-state index contributed by atoms with van der Waals surface area (Å²) in [6.45, 7) is 0.544. The van der Waals surface area contributed by atoms with Gasteiger partial charge in [0.2, 0.25) is 0 Å². The van der Waals surface area contributed by atoms with Gasteiger partial charge in [0.15, 0.2) is 11.5 Å². The van der Waals surface area contributed by atoms with Gasteiger partial charge in [0.05, 0.1) is 17.2 Å². The minimum absolute atomic E-state index is 0.0487. The number of ether oxygens (including phenoxy) is 2. The molecule has 112 valence electrons. The Bertz CT molecular complexity index is 650. The van der Waals surface area contributed by atoms with Gasteiger partial charge in [-0.1, -0.05) is 29.3 Å². The van der Waals surface area contributed by atoms with E-state index in [1.807, 2.05) is 0 Å². The Morgan fingerprint density at radius 3 is 2.43 bits per heavy atom. The smallest absolute Gasteiger partial charge is 0.180 e. The molecule has 0 saturated heterocycles. The molecule has 0 fully saturated rings. The number of halogens is 3.